The maximum absolute atomic E-state index is 4.52. The third-order valence-electron chi connectivity index (χ3n) is 3.30. The summed E-state index contributed by atoms with van der Waals surface area (Å²) in [4.78, 5) is 4.52. The number of fused-ring (bicyclic) bond motifs is 1. The zero-order valence-corrected chi connectivity index (χ0v) is 10.6. The normalized spacial score (nSPS) is 10.8. The quantitative estimate of drug-likeness (QED) is 0.602. The Morgan fingerprint density at radius 2 is 1.67 bits per heavy atom. The van der Waals surface area contributed by atoms with E-state index in [-0.39, 0.29) is 0 Å². The van der Waals surface area contributed by atoms with Crippen LogP contribution in [0.3, 0.4) is 0 Å². The number of hydrogen-bond donors (Lipinski definition) is 0. The van der Waals surface area contributed by atoms with Crippen LogP contribution in [-0.4, -0.2) is 4.98 Å². The fourth-order valence-electron chi connectivity index (χ4n) is 2.44. The van der Waals surface area contributed by atoms with E-state index in [1.807, 2.05) is 12.3 Å². The third kappa shape index (κ3) is 1.78. The van der Waals surface area contributed by atoms with E-state index < -0.39 is 0 Å². The fourth-order valence-corrected chi connectivity index (χ4v) is 2.44. The Hall–Kier alpha value is -2.15. The molecule has 2 aromatic carbocycles. The molecule has 0 aliphatic rings. The molecule has 0 aliphatic heterocycles. The number of benzene rings is 2. The number of para-hydroxylation sites is 1. The summed E-state index contributed by atoms with van der Waals surface area (Å²) in [6.45, 7) is 4.28. The van der Waals surface area contributed by atoms with Crippen LogP contribution in [0.4, 0.5) is 0 Å². The van der Waals surface area contributed by atoms with Crippen LogP contribution in [0.5, 0.6) is 0 Å². The molecule has 0 radical (unpaired) electrons. The first-order valence-corrected chi connectivity index (χ1v) is 6.17. The second-order valence-corrected chi connectivity index (χ2v) is 4.70. The second kappa shape index (κ2) is 4.26. The highest BCUT2D eigenvalue weighted by atomic mass is 14.6. The maximum atomic E-state index is 4.52. The number of hydrogen-bond acceptors (Lipinski definition) is 1. The van der Waals surface area contributed by atoms with Crippen molar-refractivity contribution >= 4 is 10.9 Å². The largest absolute Gasteiger partial charge is 0.256 e. The first kappa shape index (κ1) is 11.0. The van der Waals surface area contributed by atoms with E-state index in [9.17, 15) is 0 Å². The molecule has 1 heterocycles. The molecule has 18 heavy (non-hydrogen) atoms. The van der Waals surface area contributed by atoms with Gasteiger partial charge in [0.25, 0.3) is 0 Å². The van der Waals surface area contributed by atoms with Gasteiger partial charge in [-0.25, -0.2) is 0 Å². The predicted octanol–water partition coefficient (Wildman–Crippen LogP) is 4.52. The van der Waals surface area contributed by atoms with Gasteiger partial charge in [0, 0.05) is 17.1 Å². The van der Waals surface area contributed by atoms with Crippen molar-refractivity contribution in [2.24, 2.45) is 0 Å². The molecule has 0 atom stereocenters. The zero-order valence-electron chi connectivity index (χ0n) is 10.6. The van der Waals surface area contributed by atoms with Crippen molar-refractivity contribution in [1.82, 2.24) is 4.98 Å². The molecule has 0 saturated heterocycles. The molecule has 0 bridgehead atoms. The smallest absolute Gasteiger partial charge is 0.0780 e. The molecule has 0 spiro atoms. The van der Waals surface area contributed by atoms with Gasteiger partial charge < -0.3 is 0 Å². The zero-order chi connectivity index (χ0) is 12.5. The number of rotatable bonds is 1. The molecular formula is C17H15N. The van der Waals surface area contributed by atoms with Crippen LogP contribution in [0.25, 0.3) is 22.0 Å². The molecule has 3 rings (SSSR count). The van der Waals surface area contributed by atoms with Gasteiger partial charge in [-0.3, -0.25) is 4.98 Å². The summed E-state index contributed by atoms with van der Waals surface area (Å²) in [6.07, 6.45) is 1.86. The Morgan fingerprint density at radius 3 is 2.50 bits per heavy atom. The Labute approximate surface area is 107 Å². The summed E-state index contributed by atoms with van der Waals surface area (Å²) in [5, 5.41) is 1.19. The molecule has 0 amide bonds. The third-order valence-corrected chi connectivity index (χ3v) is 3.30. The van der Waals surface area contributed by atoms with E-state index in [1.165, 1.54) is 27.6 Å². The Kier molecular flexibility index (Phi) is 2.60. The van der Waals surface area contributed by atoms with E-state index in [1.54, 1.807) is 0 Å². The molecule has 0 N–H and O–H groups in total. The topological polar surface area (TPSA) is 12.9 Å². The van der Waals surface area contributed by atoms with Gasteiger partial charge in [0.2, 0.25) is 0 Å². The van der Waals surface area contributed by atoms with Gasteiger partial charge >= 0.3 is 0 Å². The fraction of sp³-hybridized carbons (Fsp3) is 0.118. The Bertz CT molecular complexity index is 708. The van der Waals surface area contributed by atoms with Crippen molar-refractivity contribution in [3.8, 4) is 11.1 Å². The van der Waals surface area contributed by atoms with Gasteiger partial charge in [-0.1, -0.05) is 48.0 Å². The van der Waals surface area contributed by atoms with Crippen LogP contribution >= 0.6 is 0 Å². The summed E-state index contributed by atoms with van der Waals surface area (Å²) in [5.41, 5.74) is 6.15. The van der Waals surface area contributed by atoms with Crippen molar-refractivity contribution in [3.05, 3.63) is 65.9 Å². The van der Waals surface area contributed by atoms with Crippen LogP contribution < -0.4 is 0 Å². The highest BCUT2D eigenvalue weighted by Crippen LogP contribution is 2.29. The summed E-state index contributed by atoms with van der Waals surface area (Å²) in [5.74, 6) is 0. The lowest BCUT2D eigenvalue weighted by Gasteiger charge is -2.09. The van der Waals surface area contributed by atoms with E-state index in [0.29, 0.717) is 0 Å². The van der Waals surface area contributed by atoms with Crippen LogP contribution in [0, 0.1) is 13.8 Å². The number of aryl methyl sites for hydroxylation is 2. The summed E-state index contributed by atoms with van der Waals surface area (Å²) >= 11 is 0. The van der Waals surface area contributed by atoms with E-state index >= 15 is 0 Å². The first-order valence-electron chi connectivity index (χ1n) is 6.17. The monoisotopic (exact) mass is 233 g/mol. The van der Waals surface area contributed by atoms with E-state index in [0.717, 1.165) is 5.52 Å². The minimum absolute atomic E-state index is 1.08. The van der Waals surface area contributed by atoms with Crippen LogP contribution in [0.2, 0.25) is 0 Å². The average molecular weight is 233 g/mol. The number of nitrogens with zero attached hydrogens (tertiary/aromatic N) is 1. The molecule has 3 aromatic rings. The summed E-state index contributed by atoms with van der Waals surface area (Å²) < 4.78 is 0. The van der Waals surface area contributed by atoms with Crippen LogP contribution in [-0.2, 0) is 0 Å². The molecule has 0 saturated carbocycles. The molecule has 1 heteroatoms. The average Bonchev–Trinajstić information content (AvgIpc) is 2.38. The van der Waals surface area contributed by atoms with Crippen molar-refractivity contribution < 1.29 is 0 Å². The lowest BCUT2D eigenvalue weighted by Crippen LogP contribution is -1.88. The molecule has 1 nitrogen and oxygen atoms in total. The van der Waals surface area contributed by atoms with E-state index in [2.05, 4.69) is 61.3 Å². The van der Waals surface area contributed by atoms with Gasteiger partial charge in [0.1, 0.15) is 0 Å². The second-order valence-electron chi connectivity index (χ2n) is 4.70. The Balaban J connectivity index is 2.31. The minimum atomic E-state index is 1.08. The summed E-state index contributed by atoms with van der Waals surface area (Å²) in [6, 6.07) is 17.0. The van der Waals surface area contributed by atoms with Crippen LogP contribution in [0.15, 0.2) is 54.7 Å². The SMILES string of the molecule is Cc1ccc(-c2cccc3cccnc23)c(C)c1. The summed E-state index contributed by atoms with van der Waals surface area (Å²) in [7, 11) is 0. The standard InChI is InChI=1S/C17H15N/c1-12-8-9-15(13(2)11-12)16-7-3-5-14-6-4-10-18-17(14)16/h3-11H,1-2H3. The number of pyridine rings is 1. The predicted molar refractivity (Wildman–Crippen MR) is 76.7 cm³/mol. The van der Waals surface area contributed by atoms with E-state index in [4.69, 9.17) is 0 Å². The van der Waals surface area contributed by atoms with Crippen LogP contribution in [0.1, 0.15) is 11.1 Å². The number of aromatic nitrogens is 1. The van der Waals surface area contributed by atoms with Crippen molar-refractivity contribution in [2.45, 2.75) is 13.8 Å². The minimum Gasteiger partial charge on any atom is -0.256 e. The van der Waals surface area contributed by atoms with Crippen molar-refractivity contribution in [3.63, 3.8) is 0 Å². The van der Waals surface area contributed by atoms with Gasteiger partial charge in [-0.15, -0.1) is 0 Å². The highest BCUT2D eigenvalue weighted by molar-refractivity contribution is 5.94. The molecule has 1 aromatic heterocycles. The van der Waals surface area contributed by atoms with Gasteiger partial charge in [-0.2, -0.15) is 0 Å². The lowest BCUT2D eigenvalue weighted by molar-refractivity contribution is 1.37. The molecule has 0 fully saturated rings. The highest BCUT2D eigenvalue weighted by Gasteiger charge is 2.06. The van der Waals surface area contributed by atoms with Gasteiger partial charge in [-0.05, 0) is 31.0 Å². The van der Waals surface area contributed by atoms with Crippen molar-refractivity contribution in [2.75, 3.05) is 0 Å². The van der Waals surface area contributed by atoms with Gasteiger partial charge in [0.15, 0.2) is 0 Å². The molecule has 88 valence electrons. The Morgan fingerprint density at radius 1 is 0.833 bits per heavy atom. The van der Waals surface area contributed by atoms with Gasteiger partial charge in [0.05, 0.1) is 5.52 Å². The molecular weight excluding hydrogens is 218 g/mol. The molecule has 0 unspecified atom stereocenters. The lowest BCUT2D eigenvalue weighted by atomic mass is 9.97. The maximum Gasteiger partial charge on any atom is 0.0780 e. The van der Waals surface area contributed by atoms with Crippen molar-refractivity contribution in [1.29, 1.82) is 0 Å². The molecule has 0 aliphatic carbocycles. The first-order chi connectivity index (χ1) is 8.75.